The van der Waals surface area contributed by atoms with Crippen LogP contribution in [-0.4, -0.2) is 65.5 Å². The Labute approximate surface area is 252 Å². The van der Waals surface area contributed by atoms with Crippen molar-refractivity contribution >= 4 is 25.5 Å². The lowest BCUT2D eigenvalue weighted by Gasteiger charge is -2.40. The molecule has 2 heterocycles. The summed E-state index contributed by atoms with van der Waals surface area (Å²) in [5.74, 6) is -2.77. The van der Waals surface area contributed by atoms with Crippen molar-refractivity contribution in [2.75, 3.05) is 18.1 Å². The molecule has 0 radical (unpaired) electrons. The first-order valence-electron chi connectivity index (χ1n) is 13.8. The Hall–Kier alpha value is -2.82. The van der Waals surface area contributed by atoms with E-state index in [0.717, 1.165) is 29.2 Å². The Kier molecular flexibility index (Phi) is 7.90. The summed E-state index contributed by atoms with van der Waals surface area (Å²) in [5, 5.41) is 0. The van der Waals surface area contributed by atoms with Crippen LogP contribution in [0, 0.1) is 10.6 Å². The minimum absolute atomic E-state index is 0.0806. The highest BCUT2D eigenvalue weighted by molar-refractivity contribution is 7.92. The molecule has 1 amide bonds. The first-order valence-corrected chi connectivity index (χ1v) is 17.2. The zero-order valence-corrected chi connectivity index (χ0v) is 24.9. The number of alkyl halides is 8. The standard InChI is InChI=1S/C28H27F9N2O4S2/c29-19-5-7-20(8-6-19)45(42,43)25-10-13-39(23(40)24(30)11-14-44(38,41)15-12-24)22(25)3-1-2-17-16-18(4-9-21(17)25)26(31,27(32,33)34)28(35,36)37/h4-9,16,22,38H,1-3,10-15H2/t22-,24?,25-,44?/m0/s1. The minimum Gasteiger partial charge on any atom is -0.335 e. The lowest BCUT2D eigenvalue weighted by atomic mass is 9.84. The number of halogens is 9. The normalized spacial score (nSPS) is 29.5. The number of hydrogen-bond acceptors (Lipinski definition) is 5. The molecule has 45 heavy (non-hydrogen) atoms. The number of likely N-dealkylation sites (tertiary alicyclic amines) is 1. The van der Waals surface area contributed by atoms with Crippen LogP contribution in [0.3, 0.4) is 0 Å². The van der Waals surface area contributed by atoms with E-state index in [2.05, 4.69) is 0 Å². The number of sulfone groups is 1. The van der Waals surface area contributed by atoms with Crippen molar-refractivity contribution in [1.82, 2.24) is 4.90 Å². The van der Waals surface area contributed by atoms with Gasteiger partial charge in [-0.2, -0.15) is 26.3 Å². The van der Waals surface area contributed by atoms with Gasteiger partial charge >= 0.3 is 18.0 Å². The summed E-state index contributed by atoms with van der Waals surface area (Å²) in [7, 11) is -7.87. The Morgan fingerprint density at radius 2 is 1.51 bits per heavy atom. The molecule has 3 aliphatic rings. The van der Waals surface area contributed by atoms with Gasteiger partial charge in [-0.05, 0) is 61.1 Å². The molecule has 2 aromatic carbocycles. The molecule has 0 aromatic heterocycles. The van der Waals surface area contributed by atoms with Crippen molar-refractivity contribution in [1.29, 1.82) is 4.78 Å². The maximum atomic E-state index is 16.1. The third-order valence-electron chi connectivity index (χ3n) is 9.21. The van der Waals surface area contributed by atoms with Crippen molar-refractivity contribution in [3.63, 3.8) is 0 Å². The molecule has 0 saturated carbocycles. The molecule has 5 rings (SSSR count). The third-order valence-corrected chi connectivity index (χ3v) is 13.5. The van der Waals surface area contributed by atoms with Gasteiger partial charge in [0, 0.05) is 46.2 Å². The molecule has 1 N–H and O–H groups in total. The number of rotatable bonds is 4. The topological polar surface area (TPSA) is 95.4 Å². The summed E-state index contributed by atoms with van der Waals surface area (Å²) < 4.78 is 173. The van der Waals surface area contributed by atoms with Gasteiger partial charge in [0.2, 0.25) is 0 Å². The summed E-state index contributed by atoms with van der Waals surface area (Å²) in [4.78, 5) is 14.2. The van der Waals surface area contributed by atoms with Crippen LogP contribution < -0.4 is 0 Å². The van der Waals surface area contributed by atoms with Crippen LogP contribution in [0.4, 0.5) is 39.5 Å². The van der Waals surface area contributed by atoms with Gasteiger partial charge in [0.15, 0.2) is 15.5 Å². The van der Waals surface area contributed by atoms with Crippen LogP contribution in [0.25, 0.3) is 0 Å². The number of amides is 1. The summed E-state index contributed by atoms with van der Waals surface area (Å²) in [6, 6.07) is 3.37. The molecule has 0 bridgehead atoms. The first kappa shape index (κ1) is 33.5. The second kappa shape index (κ2) is 10.6. The number of nitrogens with one attached hydrogen (secondary N) is 1. The lowest BCUT2D eigenvalue weighted by Crippen LogP contribution is -2.55. The van der Waals surface area contributed by atoms with Crippen molar-refractivity contribution < 1.29 is 56.9 Å². The quantitative estimate of drug-likeness (QED) is 0.302. The Balaban J connectivity index is 1.70. The van der Waals surface area contributed by atoms with Crippen LogP contribution in [0.5, 0.6) is 0 Å². The molecule has 2 aliphatic heterocycles. The van der Waals surface area contributed by atoms with E-state index in [1.807, 2.05) is 0 Å². The summed E-state index contributed by atoms with van der Waals surface area (Å²) in [5.41, 5.74) is -10.8. The van der Waals surface area contributed by atoms with E-state index in [4.69, 9.17) is 4.78 Å². The van der Waals surface area contributed by atoms with Crippen LogP contribution in [-0.2, 0) is 41.2 Å². The molecule has 2 fully saturated rings. The van der Waals surface area contributed by atoms with Crippen molar-refractivity contribution in [2.45, 2.75) is 77.9 Å². The molecule has 2 aromatic rings. The molecule has 0 unspecified atom stereocenters. The SMILES string of the molecule is N=S1(=O)CCC(F)(C(=O)N2CC[C@]3(S(=O)(=O)c4ccc(F)cc4)c4ccc(C(F)(C(F)(F)F)C(F)(F)F)cc4CCC[C@H]23)CC1. The molecular weight excluding hydrogens is 663 g/mol. The van der Waals surface area contributed by atoms with Crippen LogP contribution in [0.1, 0.15) is 48.8 Å². The predicted octanol–water partition coefficient (Wildman–Crippen LogP) is 6.27. The molecular formula is C28H27F9N2O4S2. The molecule has 17 heteroatoms. The van der Waals surface area contributed by atoms with Gasteiger partial charge < -0.3 is 4.90 Å². The average molecular weight is 691 g/mol. The van der Waals surface area contributed by atoms with Crippen LogP contribution in [0.2, 0.25) is 0 Å². The second-order valence-corrected chi connectivity index (χ2v) is 16.4. The number of nitrogens with zero attached hydrogens (tertiary/aromatic N) is 1. The number of aryl methyl sites for hydroxylation is 1. The zero-order valence-electron chi connectivity index (χ0n) is 23.3. The summed E-state index contributed by atoms with van der Waals surface area (Å²) >= 11 is 0. The van der Waals surface area contributed by atoms with Crippen LogP contribution >= 0.6 is 0 Å². The average Bonchev–Trinajstić information content (AvgIpc) is 3.25. The molecule has 6 nitrogen and oxygen atoms in total. The fourth-order valence-electron chi connectivity index (χ4n) is 6.84. The number of hydrogen-bond donors (Lipinski definition) is 1. The monoisotopic (exact) mass is 690 g/mol. The van der Waals surface area contributed by atoms with Gasteiger partial charge in [0.1, 0.15) is 10.6 Å². The van der Waals surface area contributed by atoms with Gasteiger partial charge in [-0.1, -0.05) is 18.2 Å². The van der Waals surface area contributed by atoms with Gasteiger partial charge in [0.25, 0.3) is 5.91 Å². The van der Waals surface area contributed by atoms with E-state index in [9.17, 15) is 48.2 Å². The minimum atomic E-state index is -6.42. The number of carbonyl (C=O) groups excluding carboxylic acids is 1. The van der Waals surface area contributed by atoms with Gasteiger partial charge in [-0.25, -0.2) is 25.8 Å². The van der Waals surface area contributed by atoms with Crippen molar-refractivity contribution in [2.24, 2.45) is 0 Å². The van der Waals surface area contributed by atoms with E-state index in [0.29, 0.717) is 12.1 Å². The van der Waals surface area contributed by atoms with Crippen molar-refractivity contribution in [3.8, 4) is 0 Å². The number of carbonyl (C=O) groups is 1. The second-order valence-electron chi connectivity index (χ2n) is 11.7. The highest BCUT2D eigenvalue weighted by atomic mass is 32.2. The first-order chi connectivity index (χ1) is 20.6. The maximum absolute atomic E-state index is 16.1. The number of benzene rings is 2. The Morgan fingerprint density at radius 1 is 0.933 bits per heavy atom. The van der Waals surface area contributed by atoms with Gasteiger partial charge in [0.05, 0.1) is 10.9 Å². The molecule has 2 saturated heterocycles. The lowest BCUT2D eigenvalue weighted by molar-refractivity contribution is -0.348. The van der Waals surface area contributed by atoms with E-state index < -0.39 is 107 Å². The Bertz CT molecular complexity index is 1700. The fraction of sp³-hybridized carbons (Fsp3) is 0.536. The van der Waals surface area contributed by atoms with Crippen molar-refractivity contribution in [3.05, 3.63) is 65.0 Å². The van der Waals surface area contributed by atoms with Crippen LogP contribution in [0.15, 0.2) is 47.4 Å². The largest absolute Gasteiger partial charge is 0.435 e. The van der Waals surface area contributed by atoms with E-state index >= 15 is 8.78 Å². The highest BCUT2D eigenvalue weighted by Crippen LogP contribution is 2.56. The van der Waals surface area contributed by atoms with Gasteiger partial charge in [-0.3, -0.25) is 9.57 Å². The summed E-state index contributed by atoms with van der Waals surface area (Å²) in [6.45, 7) is -0.384. The fourth-order valence-corrected chi connectivity index (χ4v) is 10.7. The smallest absolute Gasteiger partial charge is 0.335 e. The summed E-state index contributed by atoms with van der Waals surface area (Å²) in [6.07, 6.45) is -15.0. The highest BCUT2D eigenvalue weighted by Gasteiger charge is 2.74. The maximum Gasteiger partial charge on any atom is 0.435 e. The molecule has 1 aliphatic carbocycles. The Morgan fingerprint density at radius 3 is 2.07 bits per heavy atom. The zero-order chi connectivity index (χ0) is 33.4. The predicted molar refractivity (Wildman–Crippen MR) is 143 cm³/mol. The molecule has 248 valence electrons. The van der Waals surface area contributed by atoms with E-state index in [1.54, 1.807) is 0 Å². The van der Waals surface area contributed by atoms with E-state index in [1.165, 1.54) is 0 Å². The van der Waals surface area contributed by atoms with E-state index in [-0.39, 0.29) is 43.0 Å². The third kappa shape index (κ3) is 5.11. The number of fused-ring (bicyclic) bond motifs is 3. The van der Waals surface area contributed by atoms with Gasteiger partial charge in [-0.15, -0.1) is 0 Å². The molecule has 2 atom stereocenters. The molecule has 0 spiro atoms.